The van der Waals surface area contributed by atoms with E-state index in [1.54, 1.807) is 25.3 Å². The van der Waals surface area contributed by atoms with Crippen molar-refractivity contribution in [3.8, 4) is 0 Å². The number of hydrogen-bond acceptors (Lipinski definition) is 3. The summed E-state index contributed by atoms with van der Waals surface area (Å²) < 4.78 is 1.87. The van der Waals surface area contributed by atoms with Gasteiger partial charge in [0.2, 0.25) is 0 Å². The number of rotatable bonds is 5. The summed E-state index contributed by atoms with van der Waals surface area (Å²) in [6.07, 6.45) is 3.66. The van der Waals surface area contributed by atoms with Crippen LogP contribution in [0.15, 0.2) is 60.9 Å². The topological polar surface area (TPSA) is 59.0 Å². The molecular weight excluding hydrogens is 344 g/mol. The van der Waals surface area contributed by atoms with Crippen LogP contribution in [0.25, 0.3) is 0 Å². The van der Waals surface area contributed by atoms with E-state index in [0.29, 0.717) is 17.2 Å². The minimum absolute atomic E-state index is 0.0401. The summed E-state index contributed by atoms with van der Waals surface area (Å²) in [5.41, 5.74) is 4.78. The molecule has 1 aromatic heterocycles. The third kappa shape index (κ3) is 4.55. The molecule has 5 nitrogen and oxygen atoms in total. The summed E-state index contributed by atoms with van der Waals surface area (Å²) in [5.74, 6) is 0.0401. The molecule has 0 spiro atoms. The number of nitrogens with one attached hydrogen (secondary N) is 2. The van der Waals surface area contributed by atoms with E-state index in [1.165, 1.54) is 11.1 Å². The lowest BCUT2D eigenvalue weighted by atomic mass is 10.1. The van der Waals surface area contributed by atoms with E-state index in [1.807, 2.05) is 35.1 Å². The predicted octanol–water partition coefficient (Wildman–Crippen LogP) is 4.25. The number of anilines is 2. The van der Waals surface area contributed by atoms with Crippen LogP contribution < -0.4 is 10.6 Å². The molecule has 0 aliphatic heterocycles. The zero-order valence-corrected chi connectivity index (χ0v) is 15.5. The zero-order chi connectivity index (χ0) is 18.5. The minimum atomic E-state index is 0.0401. The highest BCUT2D eigenvalue weighted by Gasteiger charge is 2.05. The van der Waals surface area contributed by atoms with Crippen LogP contribution in [0.4, 0.5) is 11.4 Å². The molecule has 1 heterocycles. The Kier molecular flexibility index (Phi) is 5.43. The van der Waals surface area contributed by atoms with Gasteiger partial charge in [0, 0.05) is 17.4 Å². The van der Waals surface area contributed by atoms with E-state index in [9.17, 15) is 4.79 Å². The second-order valence-electron chi connectivity index (χ2n) is 6.07. The van der Waals surface area contributed by atoms with Crippen LogP contribution in [0.2, 0.25) is 0 Å². The number of aromatic nitrogens is 2. The summed E-state index contributed by atoms with van der Waals surface area (Å²) >= 11 is 5.34. The van der Waals surface area contributed by atoms with Crippen molar-refractivity contribution < 1.29 is 4.79 Å². The van der Waals surface area contributed by atoms with Crippen molar-refractivity contribution in [3.05, 3.63) is 77.6 Å². The molecule has 6 heteroatoms. The Morgan fingerprint density at radius 2 is 1.77 bits per heavy atom. The van der Waals surface area contributed by atoms with Gasteiger partial charge in [0.05, 0.1) is 18.4 Å². The maximum atomic E-state index is 11.3. The fourth-order valence-corrected chi connectivity index (χ4v) is 2.79. The number of Topliss-reactive ketones (excluding diaryl/α,β-unsaturated/α-hetero) is 1. The van der Waals surface area contributed by atoms with Gasteiger partial charge in [-0.1, -0.05) is 24.3 Å². The highest BCUT2D eigenvalue weighted by Crippen LogP contribution is 2.13. The summed E-state index contributed by atoms with van der Waals surface area (Å²) in [5, 5.41) is 11.1. The van der Waals surface area contributed by atoms with Crippen molar-refractivity contribution in [2.24, 2.45) is 0 Å². The lowest BCUT2D eigenvalue weighted by Gasteiger charge is -2.09. The molecule has 0 saturated heterocycles. The van der Waals surface area contributed by atoms with Crippen LogP contribution >= 0.6 is 12.2 Å². The summed E-state index contributed by atoms with van der Waals surface area (Å²) in [7, 11) is 0. The Bertz CT molecular complexity index is 931. The standard InChI is InChI=1S/C20H20N4OS/c1-14-5-3-4-6-17(14)12-24-13-19(11-21-24)23-20(26)22-18-9-7-16(8-10-18)15(2)25/h3-11,13H,12H2,1-2H3,(H2,22,23,26). The first-order valence-corrected chi connectivity index (χ1v) is 8.68. The van der Waals surface area contributed by atoms with Crippen molar-refractivity contribution in [1.82, 2.24) is 9.78 Å². The fourth-order valence-electron chi connectivity index (χ4n) is 2.56. The SMILES string of the molecule is CC(=O)c1ccc(NC(=S)Nc2cnn(Cc3ccccc3C)c2)cc1. The lowest BCUT2D eigenvalue weighted by Crippen LogP contribution is -2.18. The summed E-state index contributed by atoms with van der Waals surface area (Å²) in [6.45, 7) is 4.35. The molecule has 0 aliphatic carbocycles. The molecule has 3 aromatic rings. The highest BCUT2D eigenvalue weighted by atomic mass is 32.1. The van der Waals surface area contributed by atoms with Gasteiger partial charge < -0.3 is 10.6 Å². The van der Waals surface area contributed by atoms with Crippen molar-refractivity contribution in [2.75, 3.05) is 10.6 Å². The van der Waals surface area contributed by atoms with Crippen molar-refractivity contribution in [1.29, 1.82) is 0 Å². The van der Waals surface area contributed by atoms with E-state index in [0.717, 1.165) is 11.4 Å². The van der Waals surface area contributed by atoms with Crippen molar-refractivity contribution in [2.45, 2.75) is 20.4 Å². The van der Waals surface area contributed by atoms with Gasteiger partial charge in [0.1, 0.15) is 0 Å². The molecular formula is C20H20N4OS. The van der Waals surface area contributed by atoms with Gasteiger partial charge in [-0.05, 0) is 61.5 Å². The molecule has 132 valence electrons. The Morgan fingerprint density at radius 3 is 2.46 bits per heavy atom. The van der Waals surface area contributed by atoms with E-state index in [-0.39, 0.29) is 5.78 Å². The number of nitrogens with zero attached hydrogens (tertiary/aromatic N) is 2. The molecule has 0 amide bonds. The zero-order valence-electron chi connectivity index (χ0n) is 14.7. The van der Waals surface area contributed by atoms with Crippen LogP contribution in [-0.2, 0) is 6.54 Å². The minimum Gasteiger partial charge on any atom is -0.332 e. The number of carbonyl (C=O) groups is 1. The third-order valence-corrected chi connectivity index (χ3v) is 4.24. The molecule has 0 unspecified atom stereocenters. The van der Waals surface area contributed by atoms with E-state index in [4.69, 9.17) is 12.2 Å². The third-order valence-electron chi connectivity index (χ3n) is 4.03. The maximum absolute atomic E-state index is 11.3. The van der Waals surface area contributed by atoms with Crippen LogP contribution in [0, 0.1) is 6.92 Å². The van der Waals surface area contributed by atoms with Crippen molar-refractivity contribution in [3.63, 3.8) is 0 Å². The first kappa shape index (κ1) is 17.8. The largest absolute Gasteiger partial charge is 0.332 e. The number of ketones is 1. The molecule has 0 bridgehead atoms. The number of benzene rings is 2. The Balaban J connectivity index is 1.59. The highest BCUT2D eigenvalue weighted by molar-refractivity contribution is 7.80. The van der Waals surface area contributed by atoms with Crippen molar-refractivity contribution >= 4 is 34.5 Å². The van der Waals surface area contributed by atoms with Gasteiger partial charge >= 0.3 is 0 Å². The quantitative estimate of drug-likeness (QED) is 0.523. The molecule has 0 atom stereocenters. The van der Waals surface area contributed by atoms with Crippen LogP contribution in [-0.4, -0.2) is 20.7 Å². The van der Waals surface area contributed by atoms with Gasteiger partial charge in [-0.3, -0.25) is 9.48 Å². The first-order chi connectivity index (χ1) is 12.5. The van der Waals surface area contributed by atoms with Crippen LogP contribution in [0.1, 0.15) is 28.4 Å². The van der Waals surface area contributed by atoms with Gasteiger partial charge in [-0.2, -0.15) is 5.10 Å². The number of aryl methyl sites for hydroxylation is 1. The molecule has 0 saturated carbocycles. The monoisotopic (exact) mass is 364 g/mol. The Labute approximate surface area is 158 Å². The number of carbonyl (C=O) groups excluding carboxylic acids is 1. The lowest BCUT2D eigenvalue weighted by molar-refractivity contribution is 0.101. The average Bonchev–Trinajstić information content (AvgIpc) is 3.04. The van der Waals surface area contributed by atoms with E-state index in [2.05, 4.69) is 34.8 Å². The Morgan fingerprint density at radius 1 is 1.08 bits per heavy atom. The maximum Gasteiger partial charge on any atom is 0.175 e. The summed E-state index contributed by atoms with van der Waals surface area (Å²) in [4.78, 5) is 11.3. The molecule has 0 radical (unpaired) electrons. The van der Waals surface area contributed by atoms with Gasteiger partial charge in [-0.15, -0.1) is 0 Å². The number of hydrogen-bond donors (Lipinski definition) is 2. The Hall–Kier alpha value is -2.99. The smallest absolute Gasteiger partial charge is 0.175 e. The number of thiocarbonyl (C=S) groups is 1. The molecule has 0 fully saturated rings. The van der Waals surface area contributed by atoms with E-state index < -0.39 is 0 Å². The van der Waals surface area contributed by atoms with E-state index >= 15 is 0 Å². The fraction of sp³-hybridized carbons (Fsp3) is 0.150. The second-order valence-corrected chi connectivity index (χ2v) is 6.47. The van der Waals surface area contributed by atoms with Crippen LogP contribution in [0.3, 0.4) is 0 Å². The van der Waals surface area contributed by atoms with Gasteiger partial charge in [-0.25, -0.2) is 0 Å². The molecule has 2 N–H and O–H groups in total. The molecule has 2 aromatic carbocycles. The van der Waals surface area contributed by atoms with Gasteiger partial charge in [0.25, 0.3) is 0 Å². The summed E-state index contributed by atoms with van der Waals surface area (Å²) in [6, 6.07) is 15.4. The van der Waals surface area contributed by atoms with Crippen LogP contribution in [0.5, 0.6) is 0 Å². The van der Waals surface area contributed by atoms with Gasteiger partial charge in [0.15, 0.2) is 10.9 Å². The molecule has 26 heavy (non-hydrogen) atoms. The average molecular weight is 364 g/mol. The normalized spacial score (nSPS) is 10.4. The molecule has 0 aliphatic rings. The first-order valence-electron chi connectivity index (χ1n) is 8.27. The molecule has 3 rings (SSSR count). The second kappa shape index (κ2) is 7.93. The predicted molar refractivity (Wildman–Crippen MR) is 109 cm³/mol.